The Morgan fingerprint density at radius 1 is 1.27 bits per heavy atom. The molecule has 140 valence electrons. The molecule has 0 N–H and O–H groups in total. The summed E-state index contributed by atoms with van der Waals surface area (Å²) in [5.41, 5.74) is 0.657. The van der Waals surface area contributed by atoms with Crippen molar-refractivity contribution in [1.82, 2.24) is 14.9 Å². The Morgan fingerprint density at radius 2 is 2.04 bits per heavy atom. The molecule has 2 aromatic rings. The normalized spacial score (nSPS) is 15.8. The first-order chi connectivity index (χ1) is 12.6. The minimum absolute atomic E-state index is 0.233. The van der Waals surface area contributed by atoms with Gasteiger partial charge in [0.05, 0.1) is 12.6 Å². The highest BCUT2D eigenvalue weighted by atomic mass is 35.5. The topological polar surface area (TPSA) is 73.8 Å². The molecule has 1 aliphatic rings. The van der Waals surface area contributed by atoms with E-state index in [9.17, 15) is 4.79 Å². The molecule has 1 aromatic carbocycles. The van der Waals surface area contributed by atoms with Gasteiger partial charge in [0.1, 0.15) is 24.2 Å². The van der Waals surface area contributed by atoms with Crippen molar-refractivity contribution in [2.45, 2.75) is 25.9 Å². The summed E-state index contributed by atoms with van der Waals surface area (Å²) in [6.07, 6.45) is 3.40. The number of likely N-dealkylation sites (tertiary alicyclic amines) is 1. The van der Waals surface area contributed by atoms with Gasteiger partial charge in [-0.25, -0.2) is 9.97 Å². The van der Waals surface area contributed by atoms with Crippen LogP contribution < -0.4 is 9.47 Å². The van der Waals surface area contributed by atoms with E-state index in [1.54, 1.807) is 19.2 Å². The van der Waals surface area contributed by atoms with E-state index < -0.39 is 0 Å². The van der Waals surface area contributed by atoms with Crippen LogP contribution in [0.1, 0.15) is 19.8 Å². The molecule has 1 unspecified atom stereocenters. The Labute approximate surface area is 157 Å². The zero-order valence-electron chi connectivity index (χ0n) is 14.9. The number of hydrogen-bond acceptors (Lipinski definition) is 7. The van der Waals surface area contributed by atoms with Gasteiger partial charge in [-0.15, -0.1) is 0 Å². The van der Waals surface area contributed by atoms with Crippen LogP contribution in [-0.2, 0) is 9.53 Å². The predicted octanol–water partition coefficient (Wildman–Crippen LogP) is 2.70. The molecule has 3 rings (SSSR count). The molecule has 1 saturated heterocycles. The van der Waals surface area contributed by atoms with Crippen molar-refractivity contribution in [3.63, 3.8) is 0 Å². The van der Waals surface area contributed by atoms with Gasteiger partial charge in [-0.3, -0.25) is 9.69 Å². The Bertz CT molecular complexity index is 780. The summed E-state index contributed by atoms with van der Waals surface area (Å²) in [4.78, 5) is 21.9. The second-order valence-corrected chi connectivity index (χ2v) is 6.59. The monoisotopic (exact) mass is 379 g/mol. The molecule has 0 spiro atoms. The standard InChI is InChI=1S/C18H22ClN3O4/c1-12(23)26-13(9-22-5-3-4-6-22)10-25-17-8-15-14(7-16(17)24-2)18(19)21-11-20-15/h7-8,11,13H,3-6,9-10H2,1-2H3. The molecule has 0 aliphatic carbocycles. The van der Waals surface area contributed by atoms with E-state index in [4.69, 9.17) is 25.8 Å². The number of nitrogens with zero attached hydrogens (tertiary/aromatic N) is 3. The lowest BCUT2D eigenvalue weighted by Gasteiger charge is -2.23. The van der Waals surface area contributed by atoms with Gasteiger partial charge in [0, 0.05) is 24.9 Å². The SMILES string of the molecule is COc1cc2c(Cl)ncnc2cc1OCC(CN1CCCC1)OC(C)=O. The smallest absolute Gasteiger partial charge is 0.303 e. The van der Waals surface area contributed by atoms with Crippen molar-refractivity contribution in [3.05, 3.63) is 23.6 Å². The number of rotatable bonds is 7. The van der Waals surface area contributed by atoms with Crippen LogP contribution in [0.5, 0.6) is 11.5 Å². The first kappa shape index (κ1) is 18.7. The van der Waals surface area contributed by atoms with E-state index in [2.05, 4.69) is 14.9 Å². The number of aromatic nitrogens is 2. The van der Waals surface area contributed by atoms with Crippen LogP contribution in [0.25, 0.3) is 10.9 Å². The molecule has 0 saturated carbocycles. The summed E-state index contributed by atoms with van der Waals surface area (Å²) >= 11 is 6.11. The van der Waals surface area contributed by atoms with Crippen LogP contribution >= 0.6 is 11.6 Å². The summed E-state index contributed by atoms with van der Waals surface area (Å²) in [7, 11) is 1.56. The second kappa shape index (κ2) is 8.51. The molecule has 2 heterocycles. The van der Waals surface area contributed by atoms with E-state index in [0.29, 0.717) is 34.1 Å². The molecule has 8 heteroatoms. The lowest BCUT2D eigenvalue weighted by atomic mass is 10.2. The van der Waals surface area contributed by atoms with Gasteiger partial charge in [-0.1, -0.05) is 11.6 Å². The molecule has 26 heavy (non-hydrogen) atoms. The number of halogens is 1. The number of hydrogen-bond donors (Lipinski definition) is 0. The van der Waals surface area contributed by atoms with Crippen LogP contribution in [-0.4, -0.2) is 60.3 Å². The van der Waals surface area contributed by atoms with Gasteiger partial charge < -0.3 is 14.2 Å². The number of fused-ring (bicyclic) bond motifs is 1. The number of methoxy groups -OCH3 is 1. The highest BCUT2D eigenvalue weighted by Gasteiger charge is 2.21. The Morgan fingerprint density at radius 3 is 2.73 bits per heavy atom. The van der Waals surface area contributed by atoms with Crippen molar-refractivity contribution in [2.24, 2.45) is 0 Å². The maximum Gasteiger partial charge on any atom is 0.303 e. The first-order valence-electron chi connectivity index (χ1n) is 8.57. The van der Waals surface area contributed by atoms with Crippen LogP contribution in [0, 0.1) is 0 Å². The number of esters is 1. The van der Waals surface area contributed by atoms with Crippen LogP contribution in [0.3, 0.4) is 0 Å². The molecule has 0 amide bonds. The predicted molar refractivity (Wildman–Crippen MR) is 97.8 cm³/mol. The summed E-state index contributed by atoms with van der Waals surface area (Å²) in [6.45, 7) is 4.34. The van der Waals surface area contributed by atoms with E-state index >= 15 is 0 Å². The third-order valence-corrected chi connectivity index (χ3v) is 4.59. The van der Waals surface area contributed by atoms with Gasteiger partial charge in [-0.05, 0) is 32.0 Å². The molecule has 1 fully saturated rings. The van der Waals surface area contributed by atoms with Crippen molar-refractivity contribution in [1.29, 1.82) is 0 Å². The molecule has 7 nitrogen and oxygen atoms in total. The van der Waals surface area contributed by atoms with Crippen molar-refractivity contribution < 1.29 is 19.0 Å². The van der Waals surface area contributed by atoms with Gasteiger partial charge in [0.15, 0.2) is 11.5 Å². The summed E-state index contributed by atoms with van der Waals surface area (Å²) < 4.78 is 16.7. The third-order valence-electron chi connectivity index (χ3n) is 4.29. The van der Waals surface area contributed by atoms with Gasteiger partial charge in [0.2, 0.25) is 0 Å². The lowest BCUT2D eigenvalue weighted by Crippen LogP contribution is -2.36. The minimum Gasteiger partial charge on any atom is -0.493 e. The fourth-order valence-electron chi connectivity index (χ4n) is 3.10. The van der Waals surface area contributed by atoms with Crippen molar-refractivity contribution in [2.75, 3.05) is 33.4 Å². The van der Waals surface area contributed by atoms with Crippen molar-refractivity contribution in [3.8, 4) is 11.5 Å². The Balaban J connectivity index is 1.75. The van der Waals surface area contributed by atoms with Crippen molar-refractivity contribution >= 4 is 28.5 Å². The Kier molecular flexibility index (Phi) is 6.11. The average molecular weight is 380 g/mol. The van der Waals surface area contributed by atoms with Gasteiger partial charge in [0.25, 0.3) is 0 Å². The maximum absolute atomic E-state index is 11.4. The molecular formula is C18H22ClN3O4. The second-order valence-electron chi connectivity index (χ2n) is 6.23. The van der Waals surface area contributed by atoms with E-state index in [1.807, 2.05) is 0 Å². The zero-order chi connectivity index (χ0) is 18.5. The maximum atomic E-state index is 11.4. The van der Waals surface area contributed by atoms with Gasteiger partial charge in [-0.2, -0.15) is 0 Å². The number of carbonyl (C=O) groups excluding carboxylic acids is 1. The average Bonchev–Trinajstić information content (AvgIpc) is 3.12. The molecule has 0 bridgehead atoms. The van der Waals surface area contributed by atoms with Gasteiger partial charge >= 0.3 is 5.97 Å². The van der Waals surface area contributed by atoms with E-state index in [-0.39, 0.29) is 18.7 Å². The number of benzene rings is 1. The van der Waals surface area contributed by atoms with Crippen LogP contribution in [0.4, 0.5) is 0 Å². The highest BCUT2D eigenvalue weighted by molar-refractivity contribution is 6.34. The summed E-state index contributed by atoms with van der Waals surface area (Å²) in [6, 6.07) is 3.50. The van der Waals surface area contributed by atoms with E-state index in [0.717, 1.165) is 13.1 Å². The number of carbonyl (C=O) groups is 1. The molecule has 1 aromatic heterocycles. The quantitative estimate of drug-likeness (QED) is 0.540. The minimum atomic E-state index is -0.347. The fraction of sp³-hybridized carbons (Fsp3) is 0.500. The largest absolute Gasteiger partial charge is 0.493 e. The van der Waals surface area contributed by atoms with Crippen LogP contribution in [0.2, 0.25) is 5.15 Å². The zero-order valence-corrected chi connectivity index (χ0v) is 15.7. The molecule has 1 aliphatic heterocycles. The lowest BCUT2D eigenvalue weighted by molar-refractivity contribution is -0.148. The highest BCUT2D eigenvalue weighted by Crippen LogP contribution is 2.33. The molecule has 0 radical (unpaired) electrons. The summed E-state index contributed by atoms with van der Waals surface area (Å²) in [5, 5.41) is 1.04. The molecular weight excluding hydrogens is 358 g/mol. The summed E-state index contributed by atoms with van der Waals surface area (Å²) in [5.74, 6) is 0.730. The Hall–Kier alpha value is -2.12. The van der Waals surface area contributed by atoms with Crippen LogP contribution in [0.15, 0.2) is 18.5 Å². The molecule has 1 atom stereocenters. The number of ether oxygens (including phenoxy) is 3. The first-order valence-corrected chi connectivity index (χ1v) is 8.95. The van der Waals surface area contributed by atoms with E-state index in [1.165, 1.54) is 26.1 Å². The fourth-order valence-corrected chi connectivity index (χ4v) is 3.29. The third kappa shape index (κ3) is 4.53.